The quantitative estimate of drug-likeness (QED) is 0.332. The lowest BCUT2D eigenvalue weighted by molar-refractivity contribution is -0.125. The van der Waals surface area contributed by atoms with E-state index in [0.717, 1.165) is 44.0 Å². The van der Waals surface area contributed by atoms with Crippen molar-refractivity contribution in [1.82, 2.24) is 14.7 Å². The molecule has 0 aromatic heterocycles. The largest absolute Gasteiger partial charge is 0.494 e. The Morgan fingerprint density at radius 2 is 1.75 bits per heavy atom. The highest BCUT2D eigenvalue weighted by Gasteiger charge is 2.35. The van der Waals surface area contributed by atoms with Crippen LogP contribution in [0.25, 0.3) is 0 Å². The molecule has 3 amide bonds. The maximum absolute atomic E-state index is 11.9. The summed E-state index contributed by atoms with van der Waals surface area (Å²) in [5, 5.41) is 0.660. The molecule has 9 heteroatoms. The zero-order valence-corrected chi connectivity index (χ0v) is 21.7. The van der Waals surface area contributed by atoms with Crippen LogP contribution in [0.5, 0.6) is 11.5 Å². The Bertz CT molecular complexity index is 1040. The van der Waals surface area contributed by atoms with Crippen LogP contribution in [0.1, 0.15) is 24.8 Å². The summed E-state index contributed by atoms with van der Waals surface area (Å²) in [6, 6.07) is 15.3. The monoisotopic (exact) mass is 515 g/mol. The second-order valence-corrected chi connectivity index (χ2v) is 9.88. The van der Waals surface area contributed by atoms with Crippen molar-refractivity contribution >= 4 is 23.5 Å². The molecule has 2 fully saturated rings. The minimum atomic E-state index is -0.295. The predicted octanol–water partition coefficient (Wildman–Crippen LogP) is 4.06. The highest BCUT2D eigenvalue weighted by Crippen LogP contribution is 2.29. The first kappa shape index (κ1) is 26.3. The van der Waals surface area contributed by atoms with Crippen LogP contribution >= 0.6 is 11.6 Å². The first-order valence-corrected chi connectivity index (χ1v) is 12.7. The van der Waals surface area contributed by atoms with Gasteiger partial charge in [0.25, 0.3) is 0 Å². The molecule has 0 bridgehead atoms. The van der Waals surface area contributed by atoms with E-state index in [1.807, 2.05) is 36.4 Å². The fourth-order valence-electron chi connectivity index (χ4n) is 4.55. The first-order chi connectivity index (χ1) is 17.4. The number of methoxy groups -OCH3 is 1. The predicted molar refractivity (Wildman–Crippen MR) is 137 cm³/mol. The molecule has 0 N–H and O–H groups in total. The molecule has 0 radical (unpaired) electrons. The molecule has 0 atom stereocenters. The van der Waals surface area contributed by atoms with Crippen molar-refractivity contribution < 1.29 is 23.8 Å². The summed E-state index contributed by atoms with van der Waals surface area (Å²) in [4.78, 5) is 28.9. The van der Waals surface area contributed by atoms with Crippen molar-refractivity contribution in [2.75, 3.05) is 53.6 Å². The van der Waals surface area contributed by atoms with E-state index in [1.165, 1.54) is 15.4 Å². The number of benzene rings is 2. The van der Waals surface area contributed by atoms with Gasteiger partial charge in [-0.15, -0.1) is 0 Å². The van der Waals surface area contributed by atoms with Gasteiger partial charge in [0.1, 0.15) is 30.3 Å². The van der Waals surface area contributed by atoms with Gasteiger partial charge in [0.05, 0.1) is 6.61 Å². The SMILES string of the molecule is COC1(COc2cccc(Cl)c2)CCN(Cc2ccc(OCCCN3C(=O)CN(C)C3=O)cc2)CC1. The fourth-order valence-corrected chi connectivity index (χ4v) is 4.73. The van der Waals surface area contributed by atoms with Gasteiger partial charge in [-0.3, -0.25) is 14.6 Å². The molecule has 2 aliphatic heterocycles. The van der Waals surface area contributed by atoms with Crippen molar-refractivity contribution in [1.29, 1.82) is 0 Å². The van der Waals surface area contributed by atoms with Crippen molar-refractivity contribution in [2.45, 2.75) is 31.4 Å². The van der Waals surface area contributed by atoms with E-state index in [2.05, 4.69) is 17.0 Å². The molecule has 0 saturated carbocycles. The maximum Gasteiger partial charge on any atom is 0.326 e. The Morgan fingerprint density at radius 1 is 1.00 bits per heavy atom. The highest BCUT2D eigenvalue weighted by atomic mass is 35.5. The Labute approximate surface area is 217 Å². The summed E-state index contributed by atoms with van der Waals surface area (Å²) in [6.45, 7) is 4.19. The molecule has 8 nitrogen and oxygen atoms in total. The lowest BCUT2D eigenvalue weighted by Crippen LogP contribution is -2.48. The van der Waals surface area contributed by atoms with Gasteiger partial charge in [-0.1, -0.05) is 29.8 Å². The van der Waals surface area contributed by atoms with Crippen LogP contribution in [-0.4, -0.2) is 85.8 Å². The number of urea groups is 1. The van der Waals surface area contributed by atoms with Crippen molar-refractivity contribution in [3.05, 3.63) is 59.1 Å². The van der Waals surface area contributed by atoms with E-state index in [4.69, 9.17) is 25.8 Å². The van der Waals surface area contributed by atoms with Crippen LogP contribution in [-0.2, 0) is 16.1 Å². The average Bonchev–Trinajstić information content (AvgIpc) is 3.13. The number of hydrogen-bond acceptors (Lipinski definition) is 6. The van der Waals surface area contributed by atoms with Gasteiger partial charge < -0.3 is 19.1 Å². The second kappa shape index (κ2) is 12.0. The summed E-state index contributed by atoms with van der Waals surface area (Å²) in [7, 11) is 3.39. The number of carbonyl (C=O) groups excluding carboxylic acids is 2. The van der Waals surface area contributed by atoms with Gasteiger partial charge in [-0.2, -0.15) is 0 Å². The van der Waals surface area contributed by atoms with E-state index >= 15 is 0 Å². The van der Waals surface area contributed by atoms with Crippen LogP contribution in [0.15, 0.2) is 48.5 Å². The van der Waals surface area contributed by atoms with Crippen LogP contribution in [0, 0.1) is 0 Å². The summed E-state index contributed by atoms with van der Waals surface area (Å²) < 4.78 is 17.7. The van der Waals surface area contributed by atoms with Gasteiger partial charge in [-0.25, -0.2) is 4.79 Å². The Kier molecular flexibility index (Phi) is 8.72. The normalized spacial score (nSPS) is 18.1. The summed E-state index contributed by atoms with van der Waals surface area (Å²) >= 11 is 6.06. The maximum atomic E-state index is 11.9. The Morgan fingerprint density at radius 3 is 2.39 bits per heavy atom. The summed E-state index contributed by atoms with van der Waals surface area (Å²) in [5.74, 6) is 1.39. The van der Waals surface area contributed by atoms with Gasteiger partial charge in [0, 0.05) is 45.4 Å². The molecule has 2 aromatic carbocycles. The van der Waals surface area contributed by atoms with E-state index in [9.17, 15) is 9.59 Å². The molecule has 4 rings (SSSR count). The zero-order valence-electron chi connectivity index (χ0n) is 21.0. The smallest absolute Gasteiger partial charge is 0.326 e. The number of piperidine rings is 1. The fraction of sp³-hybridized carbons (Fsp3) is 0.481. The van der Waals surface area contributed by atoms with Crippen molar-refractivity contribution in [2.24, 2.45) is 0 Å². The van der Waals surface area contributed by atoms with E-state index in [-0.39, 0.29) is 24.1 Å². The van der Waals surface area contributed by atoms with Gasteiger partial charge in [-0.05, 0) is 55.2 Å². The number of amides is 3. The van der Waals surface area contributed by atoms with Crippen molar-refractivity contribution in [3.8, 4) is 11.5 Å². The number of hydrogen-bond donors (Lipinski definition) is 0. The third-order valence-electron chi connectivity index (χ3n) is 6.85. The zero-order chi connectivity index (χ0) is 25.5. The van der Waals surface area contributed by atoms with Gasteiger partial charge in [0.2, 0.25) is 5.91 Å². The van der Waals surface area contributed by atoms with Crippen LogP contribution in [0.4, 0.5) is 4.79 Å². The third kappa shape index (κ3) is 6.69. The molecule has 2 aliphatic rings. The van der Waals surface area contributed by atoms with Crippen molar-refractivity contribution in [3.63, 3.8) is 0 Å². The summed E-state index contributed by atoms with van der Waals surface area (Å²) in [6.07, 6.45) is 2.38. The standard InChI is InChI=1S/C27H34ClN3O5/c1-29-19-25(32)31(26(29)33)13-4-16-35-23-9-7-21(8-10-23)18-30-14-11-27(34-2,12-15-30)20-36-24-6-3-5-22(28)17-24/h3,5-10,17H,4,11-16,18-20H2,1-2H3. The molecule has 36 heavy (non-hydrogen) atoms. The topological polar surface area (TPSA) is 71.6 Å². The van der Waals surface area contributed by atoms with Gasteiger partial charge in [0.15, 0.2) is 0 Å². The molecule has 0 unspecified atom stereocenters. The average molecular weight is 516 g/mol. The third-order valence-corrected chi connectivity index (χ3v) is 7.09. The molecular weight excluding hydrogens is 482 g/mol. The van der Waals surface area contributed by atoms with Gasteiger partial charge >= 0.3 is 6.03 Å². The second-order valence-electron chi connectivity index (χ2n) is 9.44. The number of ether oxygens (including phenoxy) is 3. The number of rotatable bonds is 11. The first-order valence-electron chi connectivity index (χ1n) is 12.3. The number of carbonyl (C=O) groups is 2. The summed E-state index contributed by atoms with van der Waals surface area (Å²) in [5.41, 5.74) is 0.926. The molecular formula is C27H34ClN3O5. The lowest BCUT2D eigenvalue weighted by Gasteiger charge is -2.40. The van der Waals surface area contributed by atoms with E-state index < -0.39 is 0 Å². The number of imide groups is 1. The molecule has 2 heterocycles. The highest BCUT2D eigenvalue weighted by molar-refractivity contribution is 6.30. The lowest BCUT2D eigenvalue weighted by atomic mass is 9.91. The molecule has 0 aliphatic carbocycles. The molecule has 194 valence electrons. The van der Waals surface area contributed by atoms with E-state index in [1.54, 1.807) is 14.2 Å². The molecule has 2 aromatic rings. The number of likely N-dealkylation sites (N-methyl/N-ethyl adjacent to an activating group) is 1. The number of halogens is 1. The number of nitrogens with zero attached hydrogens (tertiary/aromatic N) is 3. The van der Waals surface area contributed by atoms with Crippen LogP contribution in [0.2, 0.25) is 5.02 Å². The minimum absolute atomic E-state index is 0.152. The van der Waals surface area contributed by atoms with E-state index in [0.29, 0.717) is 31.2 Å². The Hall–Kier alpha value is -2.81. The Balaban J connectivity index is 1.18. The molecule has 2 saturated heterocycles. The van der Waals surface area contributed by atoms with Crippen LogP contribution < -0.4 is 9.47 Å². The van der Waals surface area contributed by atoms with Crippen LogP contribution in [0.3, 0.4) is 0 Å². The minimum Gasteiger partial charge on any atom is -0.494 e. The molecule has 0 spiro atoms. The number of likely N-dealkylation sites (tertiary alicyclic amines) is 1.